The first-order valence-corrected chi connectivity index (χ1v) is 13.5. The van der Waals surface area contributed by atoms with Crippen LogP contribution in [-0.2, 0) is 4.79 Å². The standard InChI is InChI=1S/C29H37FN6O3/c1-28(2)14-21(29(3,4)36(28)39)27(38)32-15-19-8-6-10-23(33-19)17-11-12-24(22(30)13-17)35-16-18-7-5-9-20(26(31)37)25(18)34-35/h5,7,9,11-13,16,19,21,23,33,39H,6,8,10,14-15H2,1-4H3,(H2,31,37)(H,32,38). The zero-order valence-electron chi connectivity index (χ0n) is 22.9. The molecule has 2 aromatic carbocycles. The smallest absolute Gasteiger partial charge is 0.250 e. The summed E-state index contributed by atoms with van der Waals surface area (Å²) < 4.78 is 16.7. The van der Waals surface area contributed by atoms with Gasteiger partial charge in [-0.25, -0.2) is 9.07 Å². The molecule has 1 aromatic heterocycles. The maximum Gasteiger partial charge on any atom is 0.250 e. The van der Waals surface area contributed by atoms with E-state index in [0.29, 0.717) is 29.4 Å². The predicted octanol–water partition coefficient (Wildman–Crippen LogP) is 3.83. The Balaban J connectivity index is 1.26. The summed E-state index contributed by atoms with van der Waals surface area (Å²) in [5, 5.41) is 23.6. The van der Waals surface area contributed by atoms with Crippen LogP contribution in [0.1, 0.15) is 75.3 Å². The molecular weight excluding hydrogens is 499 g/mol. The molecule has 2 fully saturated rings. The molecule has 0 aliphatic carbocycles. The van der Waals surface area contributed by atoms with E-state index in [1.165, 1.54) is 15.8 Å². The van der Waals surface area contributed by atoms with Crippen LogP contribution < -0.4 is 16.4 Å². The second kappa shape index (κ2) is 10.0. The van der Waals surface area contributed by atoms with Crippen LogP contribution in [0.25, 0.3) is 16.6 Å². The van der Waals surface area contributed by atoms with Gasteiger partial charge in [0, 0.05) is 35.8 Å². The van der Waals surface area contributed by atoms with Gasteiger partial charge < -0.3 is 21.6 Å². The number of primary amides is 1. The average Bonchev–Trinajstić information content (AvgIpc) is 3.40. The second-order valence-corrected chi connectivity index (χ2v) is 12.0. The van der Waals surface area contributed by atoms with Gasteiger partial charge in [-0.1, -0.05) is 18.2 Å². The SMILES string of the molecule is CC1(C)CC(C(=O)NCC2CCCC(c3ccc(-n4cc5cccc(C(N)=O)c5n4)c(F)c3)N2)C(C)(C)N1O. The van der Waals surface area contributed by atoms with Gasteiger partial charge in [0.2, 0.25) is 5.91 Å². The number of hydrogen-bond donors (Lipinski definition) is 4. The van der Waals surface area contributed by atoms with Gasteiger partial charge in [0.05, 0.1) is 17.0 Å². The average molecular weight is 537 g/mol. The zero-order chi connectivity index (χ0) is 28.1. The number of benzene rings is 2. The fraction of sp³-hybridized carbons (Fsp3) is 0.483. The number of hydroxylamine groups is 2. The predicted molar refractivity (Wildman–Crippen MR) is 146 cm³/mol. The topological polar surface area (TPSA) is 126 Å². The lowest BCUT2D eigenvalue weighted by molar-refractivity contribution is -0.197. The van der Waals surface area contributed by atoms with Crippen LogP contribution in [0, 0.1) is 11.7 Å². The van der Waals surface area contributed by atoms with Crippen LogP contribution in [-0.4, -0.2) is 55.5 Å². The monoisotopic (exact) mass is 536 g/mol. The zero-order valence-corrected chi connectivity index (χ0v) is 22.9. The molecule has 2 amide bonds. The Bertz CT molecular complexity index is 1420. The highest BCUT2D eigenvalue weighted by atomic mass is 19.1. The number of carbonyl (C=O) groups excluding carboxylic acids is 2. The van der Waals surface area contributed by atoms with Crippen LogP contribution >= 0.6 is 0 Å². The number of amides is 2. The number of carbonyl (C=O) groups is 2. The van der Waals surface area contributed by atoms with Gasteiger partial charge in [0.25, 0.3) is 5.91 Å². The van der Waals surface area contributed by atoms with Gasteiger partial charge in [0.1, 0.15) is 17.0 Å². The summed E-state index contributed by atoms with van der Waals surface area (Å²) in [6.07, 6.45) is 4.98. The lowest BCUT2D eigenvalue weighted by atomic mass is 9.86. The van der Waals surface area contributed by atoms with Gasteiger partial charge in [-0.2, -0.15) is 10.2 Å². The summed E-state index contributed by atoms with van der Waals surface area (Å²) in [5.41, 5.74) is 6.18. The number of nitrogens with zero attached hydrogens (tertiary/aromatic N) is 3. The molecule has 39 heavy (non-hydrogen) atoms. The van der Waals surface area contributed by atoms with Crippen LogP contribution in [0.2, 0.25) is 0 Å². The molecule has 2 saturated heterocycles. The first-order chi connectivity index (χ1) is 18.4. The van der Waals surface area contributed by atoms with Crippen LogP contribution in [0.5, 0.6) is 0 Å². The van der Waals surface area contributed by atoms with Crippen LogP contribution in [0.15, 0.2) is 42.6 Å². The second-order valence-electron chi connectivity index (χ2n) is 12.0. The Morgan fingerprint density at radius 1 is 1.21 bits per heavy atom. The Morgan fingerprint density at radius 2 is 1.97 bits per heavy atom. The van der Waals surface area contributed by atoms with E-state index in [1.807, 2.05) is 33.8 Å². The highest BCUT2D eigenvalue weighted by Crippen LogP contribution is 2.43. The largest absolute Gasteiger partial charge is 0.366 e. The van der Waals surface area contributed by atoms with E-state index in [2.05, 4.69) is 15.7 Å². The lowest BCUT2D eigenvalue weighted by Gasteiger charge is -2.36. The fourth-order valence-corrected chi connectivity index (χ4v) is 6.26. The minimum atomic E-state index is -0.656. The molecule has 0 bridgehead atoms. The number of aromatic nitrogens is 2. The first kappa shape index (κ1) is 27.2. The van der Waals surface area contributed by atoms with Gasteiger partial charge in [-0.15, -0.1) is 0 Å². The molecule has 0 radical (unpaired) electrons. The van der Waals surface area contributed by atoms with E-state index in [4.69, 9.17) is 5.73 Å². The lowest BCUT2D eigenvalue weighted by Crippen LogP contribution is -2.51. The molecule has 3 atom stereocenters. The molecule has 3 unspecified atom stereocenters. The van der Waals surface area contributed by atoms with E-state index >= 15 is 4.39 Å². The number of fused-ring (bicyclic) bond motifs is 1. The summed E-state index contributed by atoms with van der Waals surface area (Å²) in [5.74, 6) is -1.38. The normalized spacial score (nSPS) is 24.6. The van der Waals surface area contributed by atoms with Crippen molar-refractivity contribution in [2.24, 2.45) is 11.7 Å². The van der Waals surface area contributed by atoms with Crippen molar-refractivity contribution in [1.29, 1.82) is 0 Å². The molecule has 10 heteroatoms. The molecule has 3 aromatic rings. The van der Waals surface area contributed by atoms with Crippen molar-refractivity contribution in [3.63, 3.8) is 0 Å². The first-order valence-electron chi connectivity index (χ1n) is 13.5. The van der Waals surface area contributed by atoms with Crippen LogP contribution in [0.3, 0.4) is 0 Å². The maximum absolute atomic E-state index is 15.3. The summed E-state index contributed by atoms with van der Waals surface area (Å²) >= 11 is 0. The summed E-state index contributed by atoms with van der Waals surface area (Å²) in [4.78, 5) is 24.8. The highest BCUT2D eigenvalue weighted by molar-refractivity contribution is 6.04. The Kier molecular flexibility index (Phi) is 6.98. The number of piperidine rings is 1. The van der Waals surface area contributed by atoms with E-state index in [9.17, 15) is 14.8 Å². The number of nitrogens with two attached hydrogens (primary N) is 1. The third-order valence-electron chi connectivity index (χ3n) is 8.42. The minimum absolute atomic E-state index is 0.0443. The Labute approximate surface area is 227 Å². The van der Waals surface area contributed by atoms with Gasteiger partial charge >= 0.3 is 0 Å². The third kappa shape index (κ3) is 5.04. The van der Waals surface area contributed by atoms with Gasteiger partial charge in [0.15, 0.2) is 0 Å². The summed E-state index contributed by atoms with van der Waals surface area (Å²) in [6.45, 7) is 8.12. The number of nitrogens with one attached hydrogen (secondary N) is 2. The van der Waals surface area contributed by atoms with Crippen molar-refractivity contribution in [3.8, 4) is 5.69 Å². The fourth-order valence-electron chi connectivity index (χ4n) is 6.26. The molecule has 3 heterocycles. The van der Waals surface area contributed by atoms with Crippen molar-refractivity contribution >= 4 is 22.7 Å². The van der Waals surface area contributed by atoms with Crippen molar-refractivity contribution in [2.75, 3.05) is 6.54 Å². The molecule has 2 aliphatic heterocycles. The van der Waals surface area contributed by atoms with Crippen molar-refractivity contribution < 1.29 is 19.2 Å². The molecule has 208 valence electrons. The number of hydrogen-bond acceptors (Lipinski definition) is 6. The molecule has 9 nitrogen and oxygen atoms in total. The molecule has 5 rings (SSSR count). The van der Waals surface area contributed by atoms with E-state index in [1.54, 1.807) is 30.5 Å². The van der Waals surface area contributed by atoms with Crippen molar-refractivity contribution in [3.05, 3.63) is 59.5 Å². The number of halogens is 1. The minimum Gasteiger partial charge on any atom is -0.366 e. The summed E-state index contributed by atoms with van der Waals surface area (Å²) in [7, 11) is 0. The third-order valence-corrected chi connectivity index (χ3v) is 8.42. The van der Waals surface area contributed by atoms with Crippen molar-refractivity contribution in [2.45, 2.75) is 76.5 Å². The molecule has 0 saturated carbocycles. The van der Waals surface area contributed by atoms with E-state index < -0.39 is 22.8 Å². The van der Waals surface area contributed by atoms with Gasteiger partial charge in [-0.05, 0) is 77.1 Å². The summed E-state index contributed by atoms with van der Waals surface area (Å²) in [6, 6.07) is 10.2. The molecule has 0 spiro atoms. The van der Waals surface area contributed by atoms with E-state index in [-0.39, 0.29) is 29.6 Å². The Hall–Kier alpha value is -3.34. The quantitative estimate of drug-likeness (QED) is 0.380. The Morgan fingerprint density at radius 3 is 2.64 bits per heavy atom. The molecule has 5 N–H and O–H groups in total. The highest BCUT2D eigenvalue weighted by Gasteiger charge is 2.54. The van der Waals surface area contributed by atoms with Crippen molar-refractivity contribution in [1.82, 2.24) is 25.5 Å². The maximum atomic E-state index is 15.3. The molecule has 2 aliphatic rings. The molecular formula is C29H37FN6O3. The van der Waals surface area contributed by atoms with E-state index in [0.717, 1.165) is 24.8 Å². The van der Waals surface area contributed by atoms with Crippen LogP contribution in [0.4, 0.5) is 4.39 Å². The van der Waals surface area contributed by atoms with Gasteiger partial charge in [-0.3, -0.25) is 9.59 Å². The number of rotatable bonds is 6.